The van der Waals surface area contributed by atoms with Crippen molar-refractivity contribution >= 4 is 11.5 Å². The summed E-state index contributed by atoms with van der Waals surface area (Å²) in [7, 11) is 2.90. The van der Waals surface area contributed by atoms with E-state index in [1.54, 1.807) is 19.2 Å². The van der Waals surface area contributed by atoms with Gasteiger partial charge in [0.05, 0.1) is 25.5 Å². The topological polar surface area (TPSA) is 48.4 Å². The molecule has 0 radical (unpaired) electrons. The van der Waals surface area contributed by atoms with Crippen molar-refractivity contribution < 1.29 is 14.3 Å². The number of aromatic nitrogens is 1. The molecule has 0 aliphatic carbocycles. The predicted octanol–water partition coefficient (Wildman–Crippen LogP) is 2.69. The van der Waals surface area contributed by atoms with E-state index in [1.807, 2.05) is 20.8 Å². The van der Waals surface area contributed by atoms with Crippen molar-refractivity contribution in [1.82, 2.24) is 4.98 Å². The van der Waals surface area contributed by atoms with Crippen molar-refractivity contribution in [1.29, 1.82) is 0 Å². The molecule has 0 saturated heterocycles. The highest BCUT2D eigenvalue weighted by molar-refractivity contribution is 5.94. The molecule has 0 N–H and O–H groups in total. The van der Waals surface area contributed by atoms with Gasteiger partial charge >= 0.3 is 5.97 Å². The molecule has 1 heterocycles. The number of rotatable bonds is 3. The number of methoxy groups -OCH3 is 2. The van der Waals surface area contributed by atoms with Crippen LogP contribution in [0.25, 0.3) is 5.57 Å². The first kappa shape index (κ1) is 13.2. The fourth-order valence-electron chi connectivity index (χ4n) is 1.35. The highest BCUT2D eigenvalue weighted by Crippen LogP contribution is 2.23. The van der Waals surface area contributed by atoms with Crippen LogP contribution in [-0.2, 0) is 4.74 Å². The Morgan fingerprint density at radius 1 is 1.18 bits per heavy atom. The molecule has 0 spiro atoms. The molecule has 0 bridgehead atoms. The minimum atomic E-state index is -0.393. The number of pyridine rings is 1. The largest absolute Gasteiger partial charge is 0.481 e. The van der Waals surface area contributed by atoms with Crippen molar-refractivity contribution in [2.45, 2.75) is 20.8 Å². The van der Waals surface area contributed by atoms with E-state index in [0.717, 1.165) is 11.1 Å². The lowest BCUT2D eigenvalue weighted by Gasteiger charge is -2.10. The number of ether oxygens (including phenoxy) is 2. The molecule has 0 unspecified atom stereocenters. The zero-order valence-corrected chi connectivity index (χ0v) is 10.8. The number of hydrogen-bond donors (Lipinski definition) is 0. The minimum Gasteiger partial charge on any atom is -0.481 e. The first-order valence-corrected chi connectivity index (χ1v) is 5.29. The van der Waals surface area contributed by atoms with Crippen LogP contribution in [-0.4, -0.2) is 25.2 Å². The van der Waals surface area contributed by atoms with E-state index in [1.165, 1.54) is 7.11 Å². The molecular weight excluding hydrogens is 218 g/mol. The van der Waals surface area contributed by atoms with Gasteiger partial charge < -0.3 is 9.47 Å². The fourth-order valence-corrected chi connectivity index (χ4v) is 1.35. The van der Waals surface area contributed by atoms with Gasteiger partial charge in [0.15, 0.2) is 0 Å². The van der Waals surface area contributed by atoms with Crippen molar-refractivity contribution in [3.8, 4) is 5.88 Å². The highest BCUT2D eigenvalue weighted by atomic mass is 16.5. The summed E-state index contributed by atoms with van der Waals surface area (Å²) in [6, 6.07) is 3.31. The van der Waals surface area contributed by atoms with Crippen LogP contribution >= 0.6 is 0 Å². The average molecular weight is 235 g/mol. The first-order valence-electron chi connectivity index (χ1n) is 5.29. The number of carbonyl (C=O) groups excluding carboxylic acids is 1. The van der Waals surface area contributed by atoms with Gasteiger partial charge in [-0.3, -0.25) is 0 Å². The molecule has 4 heteroatoms. The standard InChI is InChI=1S/C13H17NO3/c1-8(2)9(3)12-10(13(15)17-5)6-7-11(14-12)16-4/h6-7H,1-5H3. The van der Waals surface area contributed by atoms with Crippen LogP contribution in [0.3, 0.4) is 0 Å². The molecule has 0 aliphatic rings. The Morgan fingerprint density at radius 2 is 1.82 bits per heavy atom. The molecule has 1 aromatic heterocycles. The zero-order chi connectivity index (χ0) is 13.0. The minimum absolute atomic E-state index is 0.393. The van der Waals surface area contributed by atoms with Crippen LogP contribution in [0.1, 0.15) is 36.8 Å². The summed E-state index contributed by atoms with van der Waals surface area (Å²) in [5, 5.41) is 0. The SMILES string of the molecule is COC(=O)c1ccc(OC)nc1C(C)=C(C)C. The number of carbonyl (C=O) groups is 1. The maximum absolute atomic E-state index is 11.6. The van der Waals surface area contributed by atoms with Crippen molar-refractivity contribution in [3.63, 3.8) is 0 Å². The summed E-state index contributed by atoms with van der Waals surface area (Å²) in [5.74, 6) is 0.0870. The Labute approximate surface area is 101 Å². The Hall–Kier alpha value is -1.84. The van der Waals surface area contributed by atoms with E-state index in [-0.39, 0.29) is 0 Å². The molecular formula is C13H17NO3. The van der Waals surface area contributed by atoms with Gasteiger partial charge in [-0.2, -0.15) is 0 Å². The normalized spacial score (nSPS) is 9.71. The number of hydrogen-bond acceptors (Lipinski definition) is 4. The smallest absolute Gasteiger partial charge is 0.340 e. The second kappa shape index (κ2) is 5.48. The van der Waals surface area contributed by atoms with Gasteiger partial charge in [-0.25, -0.2) is 9.78 Å². The van der Waals surface area contributed by atoms with E-state index in [0.29, 0.717) is 17.1 Å². The van der Waals surface area contributed by atoms with E-state index in [4.69, 9.17) is 9.47 Å². The molecule has 0 aliphatic heterocycles. The monoisotopic (exact) mass is 235 g/mol. The van der Waals surface area contributed by atoms with Gasteiger partial charge in [0.2, 0.25) is 5.88 Å². The van der Waals surface area contributed by atoms with Crippen molar-refractivity contribution in [3.05, 3.63) is 29.0 Å². The summed E-state index contributed by atoms with van der Waals surface area (Å²) < 4.78 is 9.81. The number of allylic oxidation sites excluding steroid dienone is 2. The van der Waals surface area contributed by atoms with E-state index >= 15 is 0 Å². The zero-order valence-electron chi connectivity index (χ0n) is 10.8. The Morgan fingerprint density at radius 3 is 2.29 bits per heavy atom. The molecule has 0 atom stereocenters. The quantitative estimate of drug-likeness (QED) is 0.756. The summed E-state index contributed by atoms with van der Waals surface area (Å²) in [6.07, 6.45) is 0. The fraction of sp³-hybridized carbons (Fsp3) is 0.385. The van der Waals surface area contributed by atoms with E-state index in [9.17, 15) is 4.79 Å². The van der Waals surface area contributed by atoms with E-state index in [2.05, 4.69) is 4.98 Å². The summed E-state index contributed by atoms with van der Waals surface area (Å²) in [5.41, 5.74) is 3.10. The molecule has 1 rings (SSSR count). The van der Waals surface area contributed by atoms with Crippen LogP contribution in [0.4, 0.5) is 0 Å². The molecule has 0 saturated carbocycles. The Balaban J connectivity index is 3.41. The van der Waals surface area contributed by atoms with Gasteiger partial charge in [-0.1, -0.05) is 5.57 Å². The van der Waals surface area contributed by atoms with Gasteiger partial charge in [0.1, 0.15) is 0 Å². The maximum atomic E-state index is 11.6. The van der Waals surface area contributed by atoms with Gasteiger partial charge in [0.25, 0.3) is 0 Å². The van der Waals surface area contributed by atoms with E-state index < -0.39 is 5.97 Å². The third-order valence-electron chi connectivity index (χ3n) is 2.59. The lowest BCUT2D eigenvalue weighted by molar-refractivity contribution is 0.0600. The van der Waals surface area contributed by atoms with Gasteiger partial charge in [-0.15, -0.1) is 0 Å². The molecule has 17 heavy (non-hydrogen) atoms. The van der Waals surface area contributed by atoms with Crippen molar-refractivity contribution in [2.75, 3.05) is 14.2 Å². The molecule has 0 fully saturated rings. The second-order valence-electron chi connectivity index (χ2n) is 3.87. The summed E-state index contributed by atoms with van der Waals surface area (Å²) >= 11 is 0. The molecule has 0 amide bonds. The number of nitrogens with zero attached hydrogens (tertiary/aromatic N) is 1. The van der Waals surface area contributed by atoms with Crippen LogP contribution in [0.5, 0.6) is 5.88 Å². The first-order chi connectivity index (χ1) is 8.01. The number of esters is 1. The molecule has 4 nitrogen and oxygen atoms in total. The molecule has 92 valence electrons. The lowest BCUT2D eigenvalue weighted by atomic mass is 10.0. The highest BCUT2D eigenvalue weighted by Gasteiger charge is 2.16. The van der Waals surface area contributed by atoms with Crippen molar-refractivity contribution in [2.24, 2.45) is 0 Å². The average Bonchev–Trinajstić information content (AvgIpc) is 2.35. The summed E-state index contributed by atoms with van der Waals surface area (Å²) in [6.45, 7) is 5.86. The Bertz CT molecular complexity index is 460. The second-order valence-corrected chi connectivity index (χ2v) is 3.87. The van der Waals surface area contributed by atoms with Crippen LogP contribution in [0, 0.1) is 0 Å². The summed E-state index contributed by atoms with van der Waals surface area (Å²) in [4.78, 5) is 15.9. The molecule has 0 aromatic carbocycles. The van der Waals surface area contributed by atoms with Crippen LogP contribution in [0.15, 0.2) is 17.7 Å². The third-order valence-corrected chi connectivity index (χ3v) is 2.59. The van der Waals surface area contributed by atoms with Crippen LogP contribution in [0.2, 0.25) is 0 Å². The van der Waals surface area contributed by atoms with Gasteiger partial charge in [-0.05, 0) is 32.4 Å². The predicted molar refractivity (Wildman–Crippen MR) is 66.1 cm³/mol. The van der Waals surface area contributed by atoms with Crippen LogP contribution < -0.4 is 4.74 Å². The third kappa shape index (κ3) is 2.84. The lowest BCUT2D eigenvalue weighted by Crippen LogP contribution is -2.07. The Kier molecular flexibility index (Phi) is 4.26. The molecule has 1 aromatic rings. The van der Waals surface area contributed by atoms with Gasteiger partial charge in [0, 0.05) is 6.07 Å². The maximum Gasteiger partial charge on any atom is 0.340 e.